The first-order valence-corrected chi connectivity index (χ1v) is 10.5. The Balaban J connectivity index is 0.000000191. The van der Waals surface area contributed by atoms with E-state index in [0.717, 1.165) is 11.1 Å². The Morgan fingerprint density at radius 3 is 1.68 bits per heavy atom. The minimum absolute atomic E-state index is 0.0934. The van der Waals surface area contributed by atoms with Crippen molar-refractivity contribution in [3.8, 4) is 12.1 Å². The summed E-state index contributed by atoms with van der Waals surface area (Å²) in [7, 11) is 0. The summed E-state index contributed by atoms with van der Waals surface area (Å²) in [6, 6.07) is 6.88. The highest BCUT2D eigenvalue weighted by atomic mass is 16.1. The van der Waals surface area contributed by atoms with Crippen LogP contribution in [-0.2, 0) is 13.1 Å². The summed E-state index contributed by atoms with van der Waals surface area (Å²) in [4.78, 5) is 40.5. The third kappa shape index (κ3) is 4.19. The number of nitrogens with two attached hydrogens (primary N) is 1. The number of nitriles is 2. The summed E-state index contributed by atoms with van der Waals surface area (Å²) >= 11 is 0. The van der Waals surface area contributed by atoms with Gasteiger partial charge in [-0.1, -0.05) is 0 Å². The average molecular weight is 457 g/mol. The molecule has 4 aromatic heterocycles. The Morgan fingerprint density at radius 2 is 1.24 bits per heavy atom. The van der Waals surface area contributed by atoms with E-state index in [1.54, 1.807) is 19.9 Å². The van der Waals surface area contributed by atoms with E-state index in [9.17, 15) is 9.59 Å². The SMILES string of the molecule is CCn1c(=O)c(C#N)cc2c(C)nc(C)nc21.CCn1c(=O)c(C#N)cc2c(C)nc(N)nc21. The Labute approximate surface area is 194 Å². The van der Waals surface area contributed by atoms with Gasteiger partial charge in [-0.15, -0.1) is 0 Å². The van der Waals surface area contributed by atoms with E-state index in [4.69, 9.17) is 16.3 Å². The molecule has 0 amide bonds. The molecule has 0 aliphatic carbocycles. The number of aromatic nitrogens is 6. The number of hydrogen-bond acceptors (Lipinski definition) is 9. The van der Waals surface area contributed by atoms with Gasteiger partial charge in [0.1, 0.15) is 40.4 Å². The van der Waals surface area contributed by atoms with E-state index in [2.05, 4.69) is 19.9 Å². The van der Waals surface area contributed by atoms with E-state index >= 15 is 0 Å². The van der Waals surface area contributed by atoms with E-state index in [0.29, 0.717) is 41.3 Å². The molecular formula is C23H23N9O2. The molecular weight excluding hydrogens is 434 g/mol. The topological polar surface area (TPSA) is 169 Å². The van der Waals surface area contributed by atoms with Gasteiger partial charge in [0.15, 0.2) is 0 Å². The quantitative estimate of drug-likeness (QED) is 0.472. The first kappa shape index (κ1) is 24.0. The number of hydrogen-bond donors (Lipinski definition) is 1. The Hall–Kier alpha value is -4.64. The number of pyridine rings is 2. The summed E-state index contributed by atoms with van der Waals surface area (Å²) < 4.78 is 2.94. The van der Waals surface area contributed by atoms with Crippen molar-refractivity contribution in [1.29, 1.82) is 10.5 Å². The van der Waals surface area contributed by atoms with Crippen LogP contribution in [0.2, 0.25) is 0 Å². The lowest BCUT2D eigenvalue weighted by Crippen LogP contribution is -2.23. The molecule has 172 valence electrons. The van der Waals surface area contributed by atoms with Crippen LogP contribution in [-0.4, -0.2) is 29.1 Å². The fraction of sp³-hybridized carbons (Fsp3) is 0.304. The molecule has 0 bridgehead atoms. The number of rotatable bonds is 2. The predicted octanol–water partition coefficient (Wildman–Crippen LogP) is 1.87. The van der Waals surface area contributed by atoms with Gasteiger partial charge in [0, 0.05) is 23.9 Å². The molecule has 0 aromatic carbocycles. The second kappa shape index (κ2) is 9.46. The molecule has 0 saturated carbocycles. The van der Waals surface area contributed by atoms with Crippen LogP contribution in [0.1, 0.15) is 42.2 Å². The molecule has 4 aromatic rings. The molecule has 0 fully saturated rings. The number of fused-ring (bicyclic) bond motifs is 2. The van der Waals surface area contributed by atoms with Gasteiger partial charge in [0.05, 0.1) is 11.4 Å². The average Bonchev–Trinajstić information content (AvgIpc) is 2.79. The molecule has 11 heteroatoms. The van der Waals surface area contributed by atoms with Crippen molar-refractivity contribution in [3.05, 3.63) is 61.2 Å². The standard InChI is InChI=1S/C12H12N4O.C11H11N5O/c1-4-16-11-10(5-9(6-13)12(16)17)7(2)14-8(3)15-11;1-3-16-9-8(4-7(5-12)10(16)17)6(2)14-11(13)15-9/h5H,4H2,1-3H3;4H,3H2,1-2H3,(H2,13,14,15). The summed E-state index contributed by atoms with van der Waals surface area (Å²) in [5.74, 6) is 0.752. The van der Waals surface area contributed by atoms with Crippen LogP contribution in [0, 0.1) is 43.4 Å². The van der Waals surface area contributed by atoms with Crippen LogP contribution in [0.25, 0.3) is 22.1 Å². The maximum Gasteiger partial charge on any atom is 0.270 e. The largest absolute Gasteiger partial charge is 0.368 e. The van der Waals surface area contributed by atoms with Crippen LogP contribution < -0.4 is 16.9 Å². The maximum absolute atomic E-state index is 11.9. The van der Waals surface area contributed by atoms with E-state index in [1.165, 1.54) is 15.2 Å². The maximum atomic E-state index is 11.9. The van der Waals surface area contributed by atoms with Crippen molar-refractivity contribution in [2.24, 2.45) is 0 Å². The smallest absolute Gasteiger partial charge is 0.270 e. The lowest BCUT2D eigenvalue weighted by atomic mass is 10.2. The summed E-state index contributed by atoms with van der Waals surface area (Å²) in [6.45, 7) is 10.00. The highest BCUT2D eigenvalue weighted by molar-refractivity contribution is 5.80. The molecule has 0 radical (unpaired) electrons. The second-order valence-corrected chi connectivity index (χ2v) is 7.44. The third-order valence-corrected chi connectivity index (χ3v) is 5.27. The number of nitrogen functional groups attached to an aromatic ring is 1. The molecule has 11 nitrogen and oxygen atoms in total. The molecule has 0 aliphatic rings. The van der Waals surface area contributed by atoms with E-state index in [-0.39, 0.29) is 28.2 Å². The lowest BCUT2D eigenvalue weighted by Gasteiger charge is -2.09. The molecule has 2 N–H and O–H groups in total. The molecule has 0 aliphatic heterocycles. The molecule has 4 rings (SSSR count). The Bertz CT molecular complexity index is 1510. The minimum atomic E-state index is -0.347. The van der Waals surface area contributed by atoms with Gasteiger partial charge in [0.25, 0.3) is 11.1 Å². The van der Waals surface area contributed by atoms with Crippen molar-refractivity contribution < 1.29 is 0 Å². The zero-order valence-corrected chi connectivity index (χ0v) is 19.5. The zero-order chi connectivity index (χ0) is 25.2. The molecule has 0 saturated heterocycles. The van der Waals surface area contributed by atoms with Gasteiger partial charge >= 0.3 is 0 Å². The van der Waals surface area contributed by atoms with Crippen molar-refractivity contribution >= 4 is 28.0 Å². The monoisotopic (exact) mass is 457 g/mol. The number of aryl methyl sites for hydroxylation is 5. The first-order chi connectivity index (χ1) is 16.2. The fourth-order valence-corrected chi connectivity index (χ4v) is 3.68. The van der Waals surface area contributed by atoms with Crippen molar-refractivity contribution in [1.82, 2.24) is 29.1 Å². The van der Waals surface area contributed by atoms with Crippen molar-refractivity contribution in [2.75, 3.05) is 5.73 Å². The molecule has 4 heterocycles. The van der Waals surface area contributed by atoms with Gasteiger partial charge in [-0.3, -0.25) is 18.7 Å². The molecule has 0 atom stereocenters. The normalized spacial score (nSPS) is 10.4. The van der Waals surface area contributed by atoms with Gasteiger partial charge in [-0.2, -0.15) is 15.5 Å². The number of anilines is 1. The highest BCUT2D eigenvalue weighted by Gasteiger charge is 2.13. The lowest BCUT2D eigenvalue weighted by molar-refractivity contribution is 0.742. The van der Waals surface area contributed by atoms with E-state index in [1.807, 2.05) is 32.9 Å². The number of nitrogens with zero attached hydrogens (tertiary/aromatic N) is 8. The first-order valence-electron chi connectivity index (χ1n) is 10.5. The van der Waals surface area contributed by atoms with Crippen molar-refractivity contribution in [3.63, 3.8) is 0 Å². The highest BCUT2D eigenvalue weighted by Crippen LogP contribution is 2.16. The van der Waals surface area contributed by atoms with Crippen LogP contribution in [0.15, 0.2) is 21.7 Å². The molecule has 34 heavy (non-hydrogen) atoms. The zero-order valence-electron chi connectivity index (χ0n) is 19.5. The van der Waals surface area contributed by atoms with Gasteiger partial charge in [0.2, 0.25) is 5.95 Å². The Kier molecular flexibility index (Phi) is 6.68. The van der Waals surface area contributed by atoms with Crippen LogP contribution in [0.3, 0.4) is 0 Å². The molecule has 0 spiro atoms. The van der Waals surface area contributed by atoms with Crippen molar-refractivity contribution in [2.45, 2.75) is 47.7 Å². The van der Waals surface area contributed by atoms with Gasteiger partial charge in [-0.25, -0.2) is 15.0 Å². The van der Waals surface area contributed by atoms with Gasteiger partial charge < -0.3 is 5.73 Å². The van der Waals surface area contributed by atoms with Crippen LogP contribution in [0.4, 0.5) is 5.95 Å². The summed E-state index contributed by atoms with van der Waals surface area (Å²) in [5.41, 5.74) is 7.67. The summed E-state index contributed by atoms with van der Waals surface area (Å²) in [6.07, 6.45) is 0. The van der Waals surface area contributed by atoms with Crippen LogP contribution >= 0.6 is 0 Å². The predicted molar refractivity (Wildman–Crippen MR) is 127 cm³/mol. The Morgan fingerprint density at radius 1 is 0.794 bits per heavy atom. The molecule has 0 unspecified atom stereocenters. The third-order valence-electron chi connectivity index (χ3n) is 5.27. The second-order valence-electron chi connectivity index (χ2n) is 7.44. The van der Waals surface area contributed by atoms with E-state index < -0.39 is 0 Å². The van der Waals surface area contributed by atoms with Crippen LogP contribution in [0.5, 0.6) is 0 Å². The minimum Gasteiger partial charge on any atom is -0.368 e. The summed E-state index contributed by atoms with van der Waals surface area (Å²) in [5, 5.41) is 19.3. The van der Waals surface area contributed by atoms with Gasteiger partial charge in [-0.05, 0) is 46.8 Å². The fourth-order valence-electron chi connectivity index (χ4n) is 3.68.